The Labute approximate surface area is 129 Å². The van der Waals surface area contributed by atoms with Gasteiger partial charge in [0.15, 0.2) is 0 Å². The zero-order valence-electron chi connectivity index (χ0n) is 12.0. The van der Waals surface area contributed by atoms with E-state index in [9.17, 15) is 22.8 Å². The second kappa shape index (κ2) is 5.67. The molecule has 3 rings (SSSR count). The Morgan fingerprint density at radius 1 is 1.22 bits per heavy atom. The molecule has 0 saturated carbocycles. The van der Waals surface area contributed by atoms with Crippen LogP contribution in [0, 0.1) is 0 Å². The van der Waals surface area contributed by atoms with Gasteiger partial charge in [-0.25, -0.2) is 9.97 Å². The SMILES string of the molecule is O=CN1CCN(c2ncnc3c2C(C(F)(F)F)CC(=O)N3)CC1. The lowest BCUT2D eigenvalue weighted by atomic mass is 9.91. The van der Waals surface area contributed by atoms with Crippen molar-refractivity contribution in [3.05, 3.63) is 11.9 Å². The molecule has 0 aliphatic carbocycles. The maximum absolute atomic E-state index is 13.3. The third-order valence-corrected chi connectivity index (χ3v) is 4.02. The molecule has 0 radical (unpaired) electrons. The minimum absolute atomic E-state index is 0.0913. The number of carbonyl (C=O) groups is 2. The second-order valence-corrected chi connectivity index (χ2v) is 5.43. The maximum atomic E-state index is 13.3. The fraction of sp³-hybridized carbons (Fsp3) is 0.538. The number of aromatic nitrogens is 2. The Bertz CT molecular complexity index is 629. The standard InChI is InChI=1S/C13H14F3N5O2/c14-13(15,16)8-5-9(23)19-11-10(8)12(18-6-17-11)21-3-1-20(7-22)2-4-21/h6-8H,1-5H2,(H,17,18,19,23). The number of hydrogen-bond donors (Lipinski definition) is 1. The van der Waals surface area contributed by atoms with Gasteiger partial charge in [0.25, 0.3) is 0 Å². The quantitative estimate of drug-likeness (QED) is 0.810. The third-order valence-electron chi connectivity index (χ3n) is 4.02. The van der Waals surface area contributed by atoms with Gasteiger partial charge >= 0.3 is 6.18 Å². The van der Waals surface area contributed by atoms with Gasteiger partial charge in [-0.15, -0.1) is 0 Å². The van der Waals surface area contributed by atoms with E-state index in [0.717, 1.165) is 6.33 Å². The van der Waals surface area contributed by atoms with Crippen molar-refractivity contribution < 1.29 is 22.8 Å². The van der Waals surface area contributed by atoms with Gasteiger partial charge in [0.2, 0.25) is 12.3 Å². The van der Waals surface area contributed by atoms with Crippen molar-refractivity contribution in [2.24, 2.45) is 0 Å². The number of amides is 2. The van der Waals surface area contributed by atoms with Crippen molar-refractivity contribution in [1.82, 2.24) is 14.9 Å². The molecule has 2 aliphatic rings. The topological polar surface area (TPSA) is 78.4 Å². The molecular weight excluding hydrogens is 315 g/mol. The van der Waals surface area contributed by atoms with Crippen LogP contribution in [0.1, 0.15) is 17.9 Å². The number of halogens is 3. The molecule has 23 heavy (non-hydrogen) atoms. The molecule has 1 aromatic rings. The molecule has 0 bridgehead atoms. The number of nitrogens with one attached hydrogen (secondary N) is 1. The van der Waals surface area contributed by atoms with Gasteiger partial charge in [-0.2, -0.15) is 13.2 Å². The summed E-state index contributed by atoms with van der Waals surface area (Å²) in [6, 6.07) is 0. The van der Waals surface area contributed by atoms with Gasteiger partial charge in [0.05, 0.1) is 11.5 Å². The molecule has 1 fully saturated rings. The number of alkyl halides is 3. The van der Waals surface area contributed by atoms with Crippen LogP contribution in [0.2, 0.25) is 0 Å². The van der Waals surface area contributed by atoms with Crippen LogP contribution in [0.25, 0.3) is 0 Å². The van der Waals surface area contributed by atoms with Gasteiger partial charge in [-0.3, -0.25) is 9.59 Å². The average molecular weight is 329 g/mol. The first-order valence-corrected chi connectivity index (χ1v) is 7.06. The molecule has 124 valence electrons. The van der Waals surface area contributed by atoms with Gasteiger partial charge in [0.1, 0.15) is 18.0 Å². The lowest BCUT2D eigenvalue weighted by molar-refractivity contribution is -0.156. The fourth-order valence-electron chi connectivity index (χ4n) is 2.85. The first-order chi connectivity index (χ1) is 10.9. The fourth-order valence-corrected chi connectivity index (χ4v) is 2.85. The summed E-state index contributed by atoms with van der Waals surface area (Å²) >= 11 is 0. The Morgan fingerprint density at radius 3 is 2.52 bits per heavy atom. The molecule has 2 aliphatic heterocycles. The highest BCUT2D eigenvalue weighted by Crippen LogP contribution is 2.45. The summed E-state index contributed by atoms with van der Waals surface area (Å²) in [5.41, 5.74) is -0.0980. The summed E-state index contributed by atoms with van der Waals surface area (Å²) in [6.07, 6.45) is -3.38. The zero-order chi connectivity index (χ0) is 16.6. The Morgan fingerprint density at radius 2 is 1.91 bits per heavy atom. The van der Waals surface area contributed by atoms with E-state index in [2.05, 4.69) is 15.3 Å². The molecule has 1 saturated heterocycles. The van der Waals surface area contributed by atoms with Gasteiger partial charge in [-0.05, 0) is 0 Å². The molecule has 1 N–H and O–H groups in total. The highest BCUT2D eigenvalue weighted by atomic mass is 19.4. The van der Waals surface area contributed by atoms with E-state index in [4.69, 9.17) is 0 Å². The van der Waals surface area contributed by atoms with Gasteiger partial charge in [0, 0.05) is 32.6 Å². The van der Waals surface area contributed by atoms with Crippen molar-refractivity contribution in [3.8, 4) is 0 Å². The summed E-state index contributed by atoms with van der Waals surface area (Å²) in [6.45, 7) is 1.57. The molecular formula is C13H14F3N5O2. The predicted octanol–water partition coefficient (Wildman–Crippen LogP) is 0.743. The van der Waals surface area contributed by atoms with Crippen LogP contribution in [0.4, 0.5) is 24.8 Å². The lowest BCUT2D eigenvalue weighted by Gasteiger charge is -2.36. The van der Waals surface area contributed by atoms with Crippen LogP contribution < -0.4 is 10.2 Å². The Hall–Kier alpha value is -2.39. The summed E-state index contributed by atoms with van der Waals surface area (Å²) < 4.78 is 40.0. The Kier molecular flexibility index (Phi) is 3.82. The lowest BCUT2D eigenvalue weighted by Crippen LogP contribution is -2.47. The molecule has 7 nitrogen and oxygen atoms in total. The van der Waals surface area contributed by atoms with Crippen LogP contribution >= 0.6 is 0 Å². The monoisotopic (exact) mass is 329 g/mol. The first-order valence-electron chi connectivity index (χ1n) is 7.06. The minimum Gasteiger partial charge on any atom is -0.353 e. The van der Waals surface area contributed by atoms with Crippen LogP contribution in [-0.4, -0.2) is 59.5 Å². The van der Waals surface area contributed by atoms with Crippen LogP contribution in [-0.2, 0) is 9.59 Å². The largest absolute Gasteiger partial charge is 0.396 e. The minimum atomic E-state index is -4.56. The summed E-state index contributed by atoms with van der Waals surface area (Å²) in [5.74, 6) is -2.56. The van der Waals surface area contributed by atoms with E-state index in [1.807, 2.05) is 0 Å². The third kappa shape index (κ3) is 2.92. The summed E-state index contributed by atoms with van der Waals surface area (Å²) in [7, 11) is 0. The molecule has 1 aromatic heterocycles. The van der Waals surface area contributed by atoms with Gasteiger partial charge < -0.3 is 15.1 Å². The van der Waals surface area contributed by atoms with Crippen molar-refractivity contribution in [2.75, 3.05) is 36.4 Å². The number of hydrogen-bond acceptors (Lipinski definition) is 5. The summed E-state index contributed by atoms with van der Waals surface area (Å²) in [4.78, 5) is 33.3. The number of piperazine rings is 1. The number of rotatable bonds is 2. The van der Waals surface area contributed by atoms with Crippen molar-refractivity contribution in [1.29, 1.82) is 0 Å². The molecule has 1 atom stereocenters. The smallest absolute Gasteiger partial charge is 0.353 e. The predicted molar refractivity (Wildman–Crippen MR) is 73.9 cm³/mol. The van der Waals surface area contributed by atoms with E-state index in [-0.39, 0.29) is 17.2 Å². The normalized spacial score (nSPS) is 21.7. The number of carbonyl (C=O) groups excluding carboxylic acids is 2. The molecule has 3 heterocycles. The van der Waals surface area contributed by atoms with E-state index >= 15 is 0 Å². The first kappa shape index (κ1) is 15.5. The molecule has 0 aromatic carbocycles. The van der Waals surface area contributed by atoms with Crippen molar-refractivity contribution in [3.63, 3.8) is 0 Å². The number of anilines is 2. The molecule has 1 unspecified atom stereocenters. The summed E-state index contributed by atoms with van der Waals surface area (Å²) in [5, 5.41) is 2.38. The Balaban J connectivity index is 1.98. The highest BCUT2D eigenvalue weighted by molar-refractivity contribution is 5.94. The van der Waals surface area contributed by atoms with E-state index in [1.165, 1.54) is 0 Å². The van der Waals surface area contributed by atoms with E-state index in [0.29, 0.717) is 32.6 Å². The highest BCUT2D eigenvalue weighted by Gasteiger charge is 2.48. The van der Waals surface area contributed by atoms with E-state index < -0.39 is 24.4 Å². The number of nitrogens with zero attached hydrogens (tertiary/aromatic N) is 4. The van der Waals surface area contributed by atoms with Crippen molar-refractivity contribution in [2.45, 2.75) is 18.5 Å². The molecule has 10 heteroatoms. The van der Waals surface area contributed by atoms with Gasteiger partial charge in [-0.1, -0.05) is 0 Å². The van der Waals surface area contributed by atoms with E-state index in [1.54, 1.807) is 9.80 Å². The molecule has 2 amide bonds. The van der Waals surface area contributed by atoms with Crippen molar-refractivity contribution >= 4 is 24.0 Å². The maximum Gasteiger partial charge on any atom is 0.396 e. The van der Waals surface area contributed by atoms with Crippen LogP contribution in [0.5, 0.6) is 0 Å². The zero-order valence-corrected chi connectivity index (χ0v) is 12.0. The van der Waals surface area contributed by atoms with Crippen LogP contribution in [0.3, 0.4) is 0 Å². The molecule has 0 spiro atoms. The van der Waals surface area contributed by atoms with Crippen LogP contribution in [0.15, 0.2) is 6.33 Å². The number of fused-ring (bicyclic) bond motifs is 1. The average Bonchev–Trinajstić information content (AvgIpc) is 2.52. The second-order valence-electron chi connectivity index (χ2n) is 5.43.